The maximum Gasteiger partial charge on any atom is 0.238 e. The third-order valence-corrected chi connectivity index (χ3v) is 5.32. The maximum absolute atomic E-state index is 12.0. The van der Waals surface area contributed by atoms with E-state index < -0.39 is 9.84 Å². The highest BCUT2D eigenvalue weighted by Crippen LogP contribution is 2.24. The molecule has 2 rings (SSSR count). The van der Waals surface area contributed by atoms with E-state index in [0.717, 1.165) is 0 Å². The Bertz CT molecular complexity index is 634. The smallest absolute Gasteiger partial charge is 0.238 e. The van der Waals surface area contributed by atoms with Crippen molar-refractivity contribution in [3.05, 3.63) is 23.2 Å². The van der Waals surface area contributed by atoms with Crippen LogP contribution in [0.2, 0.25) is 5.02 Å². The molecule has 1 saturated heterocycles. The molecule has 0 spiro atoms. The van der Waals surface area contributed by atoms with Gasteiger partial charge in [-0.2, -0.15) is 0 Å². The number of hydrogen-bond acceptors (Lipinski definition) is 5. The number of hydrogen-bond donors (Lipinski definition) is 2. The number of rotatable bonds is 3. The lowest BCUT2D eigenvalue weighted by Gasteiger charge is -2.18. The van der Waals surface area contributed by atoms with E-state index in [0.29, 0.717) is 35.9 Å². The predicted molar refractivity (Wildman–Crippen MR) is 84.2 cm³/mol. The number of nitrogens with one attached hydrogen (secondary N) is 1. The molecule has 1 fully saturated rings. The molecule has 21 heavy (non-hydrogen) atoms. The first-order valence-electron chi connectivity index (χ1n) is 6.63. The van der Waals surface area contributed by atoms with Gasteiger partial charge in [0.25, 0.3) is 0 Å². The Hall–Kier alpha value is -1.31. The van der Waals surface area contributed by atoms with Gasteiger partial charge in [0.2, 0.25) is 5.91 Å². The largest absolute Gasteiger partial charge is 0.399 e. The van der Waals surface area contributed by atoms with Gasteiger partial charge in [-0.25, -0.2) is 8.42 Å². The van der Waals surface area contributed by atoms with Crippen molar-refractivity contribution in [3.8, 4) is 0 Å². The molecule has 0 bridgehead atoms. The highest BCUT2D eigenvalue weighted by atomic mass is 35.5. The molecule has 0 aliphatic carbocycles. The van der Waals surface area contributed by atoms with E-state index in [-0.39, 0.29) is 24.0 Å². The Morgan fingerprint density at radius 1 is 1.33 bits per heavy atom. The third-order valence-electron chi connectivity index (χ3n) is 3.28. The van der Waals surface area contributed by atoms with Gasteiger partial charge in [-0.15, -0.1) is 0 Å². The van der Waals surface area contributed by atoms with Gasteiger partial charge in [0.15, 0.2) is 9.84 Å². The molecule has 0 unspecified atom stereocenters. The van der Waals surface area contributed by atoms with Gasteiger partial charge in [-0.05, 0) is 31.2 Å². The summed E-state index contributed by atoms with van der Waals surface area (Å²) in [7, 11) is -2.97. The summed E-state index contributed by atoms with van der Waals surface area (Å²) in [6.45, 7) is 1.11. The lowest BCUT2D eigenvalue weighted by atomic mass is 10.2. The third kappa shape index (κ3) is 4.87. The number of nitrogens with two attached hydrogens (primary N) is 1. The molecule has 1 amide bonds. The van der Waals surface area contributed by atoms with E-state index >= 15 is 0 Å². The zero-order valence-corrected chi connectivity index (χ0v) is 13.1. The molecule has 0 radical (unpaired) electrons. The van der Waals surface area contributed by atoms with Crippen LogP contribution in [0.5, 0.6) is 0 Å². The predicted octanol–water partition coefficient (Wildman–Crippen LogP) is 0.981. The fourth-order valence-electron chi connectivity index (χ4n) is 2.18. The molecule has 3 N–H and O–H groups in total. The highest BCUT2D eigenvalue weighted by molar-refractivity contribution is 7.91. The van der Waals surface area contributed by atoms with Crippen LogP contribution in [-0.4, -0.2) is 50.4 Å². The molecule has 8 heteroatoms. The van der Waals surface area contributed by atoms with Crippen molar-refractivity contribution < 1.29 is 13.2 Å². The van der Waals surface area contributed by atoms with Crippen molar-refractivity contribution in [2.24, 2.45) is 0 Å². The van der Waals surface area contributed by atoms with Gasteiger partial charge in [-0.3, -0.25) is 9.69 Å². The van der Waals surface area contributed by atoms with E-state index in [2.05, 4.69) is 5.32 Å². The molecule has 1 aromatic carbocycles. The number of amides is 1. The highest BCUT2D eigenvalue weighted by Gasteiger charge is 2.20. The Kier molecular flexibility index (Phi) is 5.08. The topological polar surface area (TPSA) is 92.5 Å². The number of nitrogens with zero attached hydrogens (tertiary/aromatic N) is 1. The summed E-state index contributed by atoms with van der Waals surface area (Å²) >= 11 is 5.98. The first-order valence-corrected chi connectivity index (χ1v) is 8.83. The molecule has 6 nitrogen and oxygen atoms in total. The molecule has 116 valence electrons. The normalized spacial score (nSPS) is 18.9. The van der Waals surface area contributed by atoms with E-state index in [4.69, 9.17) is 17.3 Å². The van der Waals surface area contributed by atoms with Gasteiger partial charge in [0.1, 0.15) is 0 Å². The van der Waals surface area contributed by atoms with Crippen molar-refractivity contribution in [3.63, 3.8) is 0 Å². The van der Waals surface area contributed by atoms with Crippen LogP contribution in [0.3, 0.4) is 0 Å². The number of anilines is 2. The van der Waals surface area contributed by atoms with Crippen LogP contribution in [0.15, 0.2) is 18.2 Å². The molecule has 0 saturated carbocycles. The van der Waals surface area contributed by atoms with Crippen LogP contribution >= 0.6 is 11.6 Å². The van der Waals surface area contributed by atoms with Crippen LogP contribution < -0.4 is 11.1 Å². The van der Waals surface area contributed by atoms with Crippen molar-refractivity contribution in [1.29, 1.82) is 0 Å². The summed E-state index contributed by atoms with van der Waals surface area (Å²) in [5.74, 6) is 0.0488. The van der Waals surface area contributed by atoms with Crippen LogP contribution in [0, 0.1) is 0 Å². The maximum atomic E-state index is 12.0. The molecule has 1 heterocycles. The van der Waals surface area contributed by atoms with Crippen LogP contribution in [0.4, 0.5) is 11.4 Å². The number of nitrogen functional groups attached to an aromatic ring is 1. The quantitative estimate of drug-likeness (QED) is 0.805. The Balaban J connectivity index is 1.94. The fraction of sp³-hybridized carbons (Fsp3) is 0.462. The Labute approximate surface area is 129 Å². The first-order chi connectivity index (χ1) is 9.85. The lowest BCUT2D eigenvalue weighted by Crippen LogP contribution is -2.35. The summed E-state index contributed by atoms with van der Waals surface area (Å²) in [6.07, 6.45) is 0.550. The van der Waals surface area contributed by atoms with Gasteiger partial charge >= 0.3 is 0 Å². The summed E-state index contributed by atoms with van der Waals surface area (Å²) in [4.78, 5) is 13.8. The van der Waals surface area contributed by atoms with Crippen LogP contribution in [-0.2, 0) is 14.6 Å². The van der Waals surface area contributed by atoms with E-state index in [1.807, 2.05) is 4.90 Å². The Morgan fingerprint density at radius 2 is 2.10 bits per heavy atom. The summed E-state index contributed by atoms with van der Waals surface area (Å²) in [5, 5.41) is 3.11. The molecule has 0 atom stereocenters. The second-order valence-electron chi connectivity index (χ2n) is 5.07. The summed E-state index contributed by atoms with van der Waals surface area (Å²) in [5.41, 5.74) is 6.62. The second kappa shape index (κ2) is 6.64. The molecular formula is C13H18ClN3O3S. The number of carbonyl (C=O) groups excluding carboxylic acids is 1. The summed E-state index contributed by atoms with van der Waals surface area (Å²) < 4.78 is 23.0. The van der Waals surface area contributed by atoms with Crippen LogP contribution in [0.25, 0.3) is 0 Å². The van der Waals surface area contributed by atoms with E-state index in [9.17, 15) is 13.2 Å². The van der Waals surface area contributed by atoms with Crippen molar-refractivity contribution >= 4 is 38.7 Å². The van der Waals surface area contributed by atoms with E-state index in [1.54, 1.807) is 18.2 Å². The fourth-order valence-corrected chi connectivity index (χ4v) is 3.65. The lowest BCUT2D eigenvalue weighted by molar-refractivity contribution is -0.117. The molecule has 0 aromatic heterocycles. The zero-order chi connectivity index (χ0) is 15.5. The first kappa shape index (κ1) is 16.1. The van der Waals surface area contributed by atoms with Gasteiger partial charge in [0, 0.05) is 12.2 Å². The molecule has 1 aromatic rings. The monoisotopic (exact) mass is 331 g/mol. The minimum Gasteiger partial charge on any atom is -0.399 e. The number of halogens is 1. The van der Waals surface area contributed by atoms with Gasteiger partial charge in [0.05, 0.1) is 28.8 Å². The number of carbonyl (C=O) groups is 1. The average Bonchev–Trinajstić information content (AvgIpc) is 2.55. The average molecular weight is 332 g/mol. The second-order valence-corrected chi connectivity index (χ2v) is 7.78. The standard InChI is InChI=1S/C13H18ClN3O3S/c14-11-3-2-10(15)8-12(11)16-13(18)9-17-4-1-6-21(19,20)7-5-17/h2-3,8H,1,4-7,9,15H2,(H,16,18). The van der Waals surface area contributed by atoms with E-state index in [1.165, 1.54) is 0 Å². The van der Waals surface area contributed by atoms with Gasteiger partial charge < -0.3 is 11.1 Å². The van der Waals surface area contributed by atoms with Crippen molar-refractivity contribution in [2.75, 3.05) is 42.2 Å². The van der Waals surface area contributed by atoms with Gasteiger partial charge in [-0.1, -0.05) is 11.6 Å². The number of sulfone groups is 1. The molecule has 1 aliphatic rings. The Morgan fingerprint density at radius 3 is 2.86 bits per heavy atom. The summed E-state index contributed by atoms with van der Waals surface area (Å²) in [6, 6.07) is 4.86. The minimum absolute atomic E-state index is 0.0965. The van der Waals surface area contributed by atoms with Crippen LogP contribution in [0.1, 0.15) is 6.42 Å². The van der Waals surface area contributed by atoms with Crippen molar-refractivity contribution in [1.82, 2.24) is 4.90 Å². The minimum atomic E-state index is -2.97. The number of benzene rings is 1. The van der Waals surface area contributed by atoms with Crippen molar-refractivity contribution in [2.45, 2.75) is 6.42 Å². The molecule has 1 aliphatic heterocycles. The molecular weight excluding hydrogens is 314 g/mol. The zero-order valence-electron chi connectivity index (χ0n) is 11.5. The SMILES string of the molecule is Nc1ccc(Cl)c(NC(=O)CN2CCCS(=O)(=O)CC2)c1.